The second-order valence-electron chi connectivity index (χ2n) is 6.25. The van der Waals surface area contributed by atoms with Crippen LogP contribution in [0.5, 0.6) is 0 Å². The van der Waals surface area contributed by atoms with Crippen LogP contribution < -0.4 is 10.6 Å². The summed E-state index contributed by atoms with van der Waals surface area (Å²) < 4.78 is 5.00. The fourth-order valence-electron chi connectivity index (χ4n) is 2.26. The van der Waals surface area contributed by atoms with E-state index in [9.17, 15) is 14.4 Å². The van der Waals surface area contributed by atoms with E-state index in [4.69, 9.17) is 4.74 Å². The number of esters is 1. The average Bonchev–Trinajstić information content (AvgIpc) is 2.66. The lowest BCUT2D eigenvalue weighted by Crippen LogP contribution is -2.28. The van der Waals surface area contributed by atoms with E-state index in [1.165, 1.54) is 18.3 Å². The first-order chi connectivity index (χ1) is 12.9. The van der Waals surface area contributed by atoms with E-state index in [1.807, 2.05) is 13.8 Å². The first kappa shape index (κ1) is 20.1. The van der Waals surface area contributed by atoms with E-state index < -0.39 is 11.9 Å². The fourth-order valence-corrected chi connectivity index (χ4v) is 2.26. The van der Waals surface area contributed by atoms with Crippen molar-refractivity contribution in [2.75, 3.05) is 18.5 Å². The highest BCUT2D eigenvalue weighted by molar-refractivity contribution is 6.08. The van der Waals surface area contributed by atoms with Crippen LogP contribution in [0, 0.1) is 5.92 Å². The van der Waals surface area contributed by atoms with Gasteiger partial charge in [-0.15, -0.1) is 0 Å². The maximum Gasteiger partial charge on any atom is 0.340 e. The Labute approximate surface area is 158 Å². The van der Waals surface area contributed by atoms with Gasteiger partial charge in [-0.3, -0.25) is 14.6 Å². The third-order valence-corrected chi connectivity index (χ3v) is 3.60. The van der Waals surface area contributed by atoms with E-state index in [0.29, 0.717) is 18.2 Å². The summed E-state index contributed by atoms with van der Waals surface area (Å²) in [4.78, 5) is 40.7. The van der Waals surface area contributed by atoms with Crippen LogP contribution in [0.15, 0.2) is 42.6 Å². The zero-order valence-corrected chi connectivity index (χ0v) is 15.6. The molecule has 7 heteroatoms. The summed E-state index contributed by atoms with van der Waals surface area (Å²) in [5.41, 5.74) is 1.01. The Hall–Kier alpha value is -3.22. The van der Waals surface area contributed by atoms with Gasteiger partial charge in [-0.05, 0) is 37.1 Å². The molecule has 0 fully saturated rings. The van der Waals surface area contributed by atoms with Gasteiger partial charge in [0.2, 0.25) is 0 Å². The van der Waals surface area contributed by atoms with Gasteiger partial charge in [-0.1, -0.05) is 26.0 Å². The SMILES string of the molecule is CCOC(=O)c1ccccc1NC(=O)c1ccnc(C(=O)NCC(C)C)c1. The van der Waals surface area contributed by atoms with Crippen LogP contribution in [0.1, 0.15) is 52.0 Å². The molecular weight excluding hydrogens is 346 g/mol. The Morgan fingerprint density at radius 1 is 1.11 bits per heavy atom. The number of aromatic nitrogens is 1. The van der Waals surface area contributed by atoms with Crippen molar-refractivity contribution in [3.63, 3.8) is 0 Å². The van der Waals surface area contributed by atoms with Crippen LogP contribution in [0.2, 0.25) is 0 Å². The van der Waals surface area contributed by atoms with Crippen molar-refractivity contribution in [3.8, 4) is 0 Å². The maximum atomic E-state index is 12.6. The molecule has 0 saturated heterocycles. The number of carbonyl (C=O) groups excluding carboxylic acids is 3. The molecular formula is C20H23N3O4. The number of amides is 2. The highest BCUT2D eigenvalue weighted by atomic mass is 16.5. The highest BCUT2D eigenvalue weighted by Crippen LogP contribution is 2.17. The molecule has 0 atom stereocenters. The molecule has 0 aliphatic rings. The second kappa shape index (κ2) is 9.47. The number of nitrogens with zero attached hydrogens (tertiary/aromatic N) is 1. The van der Waals surface area contributed by atoms with Crippen LogP contribution in [0.25, 0.3) is 0 Å². The first-order valence-corrected chi connectivity index (χ1v) is 8.74. The molecule has 2 rings (SSSR count). The number of benzene rings is 1. The maximum absolute atomic E-state index is 12.6. The topological polar surface area (TPSA) is 97.4 Å². The number of pyridine rings is 1. The predicted molar refractivity (Wildman–Crippen MR) is 102 cm³/mol. The van der Waals surface area contributed by atoms with Crippen LogP contribution in [-0.4, -0.2) is 35.9 Å². The Kier molecular flexibility index (Phi) is 7.05. The molecule has 0 aliphatic carbocycles. The smallest absolute Gasteiger partial charge is 0.340 e. The van der Waals surface area contributed by atoms with Gasteiger partial charge in [0.05, 0.1) is 17.9 Å². The summed E-state index contributed by atoms with van der Waals surface area (Å²) in [5, 5.41) is 5.44. The van der Waals surface area contributed by atoms with Crippen molar-refractivity contribution in [1.29, 1.82) is 0 Å². The number of carbonyl (C=O) groups is 3. The molecule has 1 heterocycles. The van der Waals surface area contributed by atoms with E-state index >= 15 is 0 Å². The summed E-state index contributed by atoms with van der Waals surface area (Å²) in [5.74, 6) is -1.01. The van der Waals surface area contributed by atoms with Gasteiger partial charge < -0.3 is 15.4 Å². The normalized spacial score (nSPS) is 10.4. The summed E-state index contributed by atoms with van der Waals surface area (Å²) in [6, 6.07) is 9.49. The van der Waals surface area contributed by atoms with E-state index in [1.54, 1.807) is 31.2 Å². The number of ether oxygens (including phenoxy) is 1. The quantitative estimate of drug-likeness (QED) is 0.732. The summed E-state index contributed by atoms with van der Waals surface area (Å²) in [6.45, 7) is 6.43. The van der Waals surface area contributed by atoms with Gasteiger partial charge in [0, 0.05) is 18.3 Å². The largest absolute Gasteiger partial charge is 0.462 e. The summed E-state index contributed by atoms with van der Waals surface area (Å²) in [7, 11) is 0. The van der Waals surface area contributed by atoms with Crippen molar-refractivity contribution in [2.45, 2.75) is 20.8 Å². The number of hydrogen-bond acceptors (Lipinski definition) is 5. The number of nitrogens with one attached hydrogen (secondary N) is 2. The van der Waals surface area contributed by atoms with E-state index in [0.717, 1.165) is 0 Å². The van der Waals surface area contributed by atoms with Crippen LogP contribution >= 0.6 is 0 Å². The minimum absolute atomic E-state index is 0.155. The van der Waals surface area contributed by atoms with Gasteiger partial charge in [-0.2, -0.15) is 0 Å². The van der Waals surface area contributed by atoms with Crippen LogP contribution in [-0.2, 0) is 4.74 Å². The van der Waals surface area contributed by atoms with E-state index in [-0.39, 0.29) is 29.3 Å². The monoisotopic (exact) mass is 369 g/mol. The molecule has 0 unspecified atom stereocenters. The Morgan fingerprint density at radius 3 is 2.56 bits per heavy atom. The molecule has 1 aromatic carbocycles. The van der Waals surface area contributed by atoms with E-state index in [2.05, 4.69) is 15.6 Å². The fraction of sp³-hybridized carbons (Fsp3) is 0.300. The predicted octanol–water partition coefficient (Wildman–Crippen LogP) is 2.90. The number of rotatable bonds is 7. The number of para-hydroxylation sites is 1. The molecule has 2 amide bonds. The lowest BCUT2D eigenvalue weighted by molar-refractivity contribution is 0.0527. The molecule has 1 aromatic heterocycles. The van der Waals surface area contributed by atoms with Crippen LogP contribution in [0.4, 0.5) is 5.69 Å². The van der Waals surface area contributed by atoms with Gasteiger partial charge in [0.15, 0.2) is 0 Å². The molecule has 0 spiro atoms. The van der Waals surface area contributed by atoms with Gasteiger partial charge in [0.25, 0.3) is 11.8 Å². The molecule has 27 heavy (non-hydrogen) atoms. The zero-order chi connectivity index (χ0) is 19.8. The Balaban J connectivity index is 2.17. The molecule has 0 saturated carbocycles. The van der Waals surface area contributed by atoms with Gasteiger partial charge >= 0.3 is 5.97 Å². The Bertz CT molecular complexity index is 833. The summed E-state index contributed by atoms with van der Waals surface area (Å²) >= 11 is 0. The van der Waals surface area contributed by atoms with Gasteiger partial charge in [0.1, 0.15) is 5.69 Å². The third kappa shape index (κ3) is 5.64. The number of hydrogen-bond donors (Lipinski definition) is 2. The van der Waals surface area contributed by atoms with Crippen molar-refractivity contribution < 1.29 is 19.1 Å². The average molecular weight is 369 g/mol. The molecule has 0 aliphatic heterocycles. The molecule has 2 aromatic rings. The van der Waals surface area contributed by atoms with Crippen molar-refractivity contribution in [1.82, 2.24) is 10.3 Å². The Morgan fingerprint density at radius 2 is 1.85 bits per heavy atom. The van der Waals surface area contributed by atoms with Crippen molar-refractivity contribution in [2.24, 2.45) is 5.92 Å². The van der Waals surface area contributed by atoms with Crippen LogP contribution in [0.3, 0.4) is 0 Å². The van der Waals surface area contributed by atoms with Crippen molar-refractivity contribution >= 4 is 23.5 Å². The zero-order valence-electron chi connectivity index (χ0n) is 15.6. The molecule has 0 bridgehead atoms. The molecule has 2 N–H and O–H groups in total. The third-order valence-electron chi connectivity index (χ3n) is 3.60. The molecule has 7 nitrogen and oxygen atoms in total. The summed E-state index contributed by atoms with van der Waals surface area (Å²) in [6.07, 6.45) is 1.40. The minimum atomic E-state index is -0.517. The molecule has 0 radical (unpaired) electrons. The van der Waals surface area contributed by atoms with Gasteiger partial charge in [-0.25, -0.2) is 4.79 Å². The lowest BCUT2D eigenvalue weighted by Gasteiger charge is -2.11. The number of anilines is 1. The first-order valence-electron chi connectivity index (χ1n) is 8.74. The van der Waals surface area contributed by atoms with Crippen molar-refractivity contribution in [3.05, 3.63) is 59.4 Å². The minimum Gasteiger partial charge on any atom is -0.462 e. The second-order valence-corrected chi connectivity index (χ2v) is 6.25. The lowest BCUT2D eigenvalue weighted by atomic mass is 10.1. The standard InChI is InChI=1S/C20H23N3O4/c1-4-27-20(26)15-7-5-6-8-16(15)23-18(24)14-9-10-21-17(11-14)19(25)22-12-13(2)3/h5-11,13H,4,12H2,1-3H3,(H,22,25)(H,23,24). The highest BCUT2D eigenvalue weighted by Gasteiger charge is 2.16. The molecule has 142 valence electrons.